The Morgan fingerprint density at radius 2 is 1.79 bits per heavy atom. The zero-order valence-corrected chi connectivity index (χ0v) is 17.9. The first-order chi connectivity index (χ1) is 16.0. The first-order valence-corrected chi connectivity index (χ1v) is 10.5. The Labute approximate surface area is 188 Å². The quantitative estimate of drug-likeness (QED) is 0.421. The van der Waals surface area contributed by atoms with Crippen molar-refractivity contribution in [2.75, 3.05) is 7.11 Å². The van der Waals surface area contributed by atoms with Gasteiger partial charge in [0.25, 0.3) is 5.91 Å². The van der Waals surface area contributed by atoms with Crippen LogP contribution in [-0.2, 0) is 13.0 Å². The van der Waals surface area contributed by atoms with Gasteiger partial charge in [-0.05, 0) is 34.9 Å². The summed E-state index contributed by atoms with van der Waals surface area (Å²) in [5.74, 6) is 0.374. The number of benzene rings is 3. The number of hydrogen-bond donors (Lipinski definition) is 2. The second-order valence-electron chi connectivity index (χ2n) is 7.67. The zero-order valence-electron chi connectivity index (χ0n) is 17.9. The van der Waals surface area contributed by atoms with Crippen molar-refractivity contribution in [2.45, 2.75) is 13.0 Å². The van der Waals surface area contributed by atoms with Crippen LogP contribution in [0.3, 0.4) is 0 Å². The molecule has 1 amide bonds. The van der Waals surface area contributed by atoms with Crippen LogP contribution in [0.2, 0.25) is 0 Å². The summed E-state index contributed by atoms with van der Waals surface area (Å²) >= 11 is 0. The highest BCUT2D eigenvalue weighted by molar-refractivity contribution is 6.03. The van der Waals surface area contributed by atoms with Crippen LogP contribution in [0, 0.1) is 0 Å². The number of H-pyrrole nitrogens is 1. The van der Waals surface area contributed by atoms with Crippen LogP contribution >= 0.6 is 0 Å². The molecule has 8 nitrogen and oxygen atoms in total. The minimum Gasteiger partial charge on any atom is -0.497 e. The third-order valence-electron chi connectivity index (χ3n) is 5.67. The number of nitrogens with zero attached hydrogens (tertiary/aromatic N) is 3. The van der Waals surface area contributed by atoms with Crippen LogP contribution in [-0.4, -0.2) is 32.5 Å². The monoisotopic (exact) mass is 439 g/mol. The van der Waals surface area contributed by atoms with Gasteiger partial charge in [-0.1, -0.05) is 54.6 Å². The predicted molar refractivity (Wildman–Crippen MR) is 126 cm³/mol. The van der Waals surface area contributed by atoms with Gasteiger partial charge in [-0.15, -0.1) is 0 Å². The molecule has 2 heterocycles. The summed E-state index contributed by atoms with van der Waals surface area (Å²) in [6.07, 6.45) is 0.594. The molecule has 0 aliphatic carbocycles. The van der Waals surface area contributed by atoms with Gasteiger partial charge in [-0.3, -0.25) is 9.36 Å². The van der Waals surface area contributed by atoms with Crippen LogP contribution in [0.1, 0.15) is 16.1 Å². The number of hydrogen-bond acceptors (Lipinski definition) is 5. The van der Waals surface area contributed by atoms with Gasteiger partial charge < -0.3 is 15.5 Å². The number of ether oxygens (including phenoxy) is 1. The van der Waals surface area contributed by atoms with Gasteiger partial charge in [0.2, 0.25) is 0 Å². The second kappa shape index (κ2) is 8.23. The van der Waals surface area contributed by atoms with Crippen molar-refractivity contribution < 1.29 is 9.53 Å². The van der Waals surface area contributed by atoms with Gasteiger partial charge in [0, 0.05) is 12.1 Å². The van der Waals surface area contributed by atoms with E-state index in [9.17, 15) is 9.59 Å². The van der Waals surface area contributed by atoms with Crippen molar-refractivity contribution in [3.8, 4) is 17.1 Å². The molecule has 0 atom stereocenters. The molecule has 8 heteroatoms. The topological polar surface area (TPSA) is 116 Å². The lowest BCUT2D eigenvalue weighted by molar-refractivity contribution is 0.0997. The van der Waals surface area contributed by atoms with Crippen molar-refractivity contribution in [1.29, 1.82) is 0 Å². The molecule has 2 aromatic heterocycles. The minimum absolute atomic E-state index is 0.0109. The number of aryl methyl sites for hydroxylation is 2. The molecule has 3 aromatic carbocycles. The first-order valence-electron chi connectivity index (χ1n) is 10.5. The smallest absolute Gasteiger partial charge is 0.327 e. The third-order valence-corrected chi connectivity index (χ3v) is 5.67. The Morgan fingerprint density at radius 1 is 1.03 bits per heavy atom. The highest BCUT2D eigenvalue weighted by Crippen LogP contribution is 2.28. The second-order valence-corrected chi connectivity index (χ2v) is 7.67. The number of aromatic nitrogens is 4. The summed E-state index contributed by atoms with van der Waals surface area (Å²) in [6.45, 7) is 0.370. The fraction of sp³-hybridized carbons (Fsp3) is 0.120. The normalized spacial score (nSPS) is 11.2. The number of fused-ring (bicyclic) bond motifs is 2. The van der Waals surface area contributed by atoms with Gasteiger partial charge in [0.15, 0.2) is 17.2 Å². The van der Waals surface area contributed by atoms with E-state index in [4.69, 9.17) is 15.5 Å². The lowest BCUT2D eigenvalue weighted by Crippen LogP contribution is -2.18. The standard InChI is InChI=1S/C25H21N5O3/c1-33-17-11-9-15(10-12-17)13-14-30-24-21(28-25(30)32)20(22(26)31)27-23(29-24)19-8-4-6-16-5-2-3-7-18(16)19/h2-12H,13-14H2,1H3,(H2,26,31)(H,28,32). The zero-order chi connectivity index (χ0) is 22.9. The maximum absolute atomic E-state index is 12.8. The summed E-state index contributed by atoms with van der Waals surface area (Å²) in [6, 6.07) is 21.3. The number of aromatic amines is 1. The van der Waals surface area contributed by atoms with E-state index in [0.29, 0.717) is 24.4 Å². The van der Waals surface area contributed by atoms with Gasteiger partial charge in [0.1, 0.15) is 11.3 Å². The number of carbonyl (C=O) groups excluding carboxylic acids is 1. The summed E-state index contributed by atoms with van der Waals surface area (Å²) < 4.78 is 6.71. The highest BCUT2D eigenvalue weighted by Gasteiger charge is 2.20. The van der Waals surface area contributed by atoms with E-state index in [0.717, 1.165) is 27.6 Å². The molecule has 3 N–H and O–H groups in total. The lowest BCUT2D eigenvalue weighted by Gasteiger charge is -2.09. The minimum atomic E-state index is -0.729. The molecule has 33 heavy (non-hydrogen) atoms. The third kappa shape index (κ3) is 3.71. The van der Waals surface area contributed by atoms with Crippen LogP contribution in [0.25, 0.3) is 33.3 Å². The summed E-state index contributed by atoms with van der Waals surface area (Å²) in [4.78, 5) is 36.8. The average molecular weight is 439 g/mol. The van der Waals surface area contributed by atoms with E-state index in [-0.39, 0.29) is 16.9 Å². The van der Waals surface area contributed by atoms with E-state index >= 15 is 0 Å². The summed E-state index contributed by atoms with van der Waals surface area (Å²) in [5, 5.41) is 1.96. The fourth-order valence-corrected chi connectivity index (χ4v) is 3.99. The molecule has 0 fully saturated rings. The van der Waals surface area contributed by atoms with Crippen LogP contribution in [0.5, 0.6) is 5.75 Å². The molecule has 0 spiro atoms. The Morgan fingerprint density at radius 3 is 2.55 bits per heavy atom. The molecule has 0 aliphatic rings. The molecule has 5 aromatic rings. The highest BCUT2D eigenvalue weighted by atomic mass is 16.5. The number of primary amides is 1. The number of carbonyl (C=O) groups is 1. The summed E-state index contributed by atoms with van der Waals surface area (Å²) in [5.41, 5.74) is 7.62. The van der Waals surface area contributed by atoms with Gasteiger partial charge in [-0.2, -0.15) is 0 Å². The number of nitrogens with one attached hydrogen (secondary N) is 1. The summed E-state index contributed by atoms with van der Waals surface area (Å²) in [7, 11) is 1.62. The maximum Gasteiger partial charge on any atom is 0.327 e. The Kier molecular flexibility index (Phi) is 5.10. The molecule has 5 rings (SSSR count). The van der Waals surface area contributed by atoms with Gasteiger partial charge in [-0.25, -0.2) is 14.8 Å². The molecular formula is C25H21N5O3. The molecule has 164 valence electrons. The molecule has 0 unspecified atom stereocenters. The lowest BCUT2D eigenvalue weighted by atomic mass is 10.0. The number of imidazole rings is 1. The molecule has 0 bridgehead atoms. The van der Waals surface area contributed by atoms with E-state index in [1.165, 1.54) is 4.57 Å². The van der Waals surface area contributed by atoms with Crippen LogP contribution in [0.4, 0.5) is 0 Å². The first kappa shape index (κ1) is 20.4. The molecule has 0 aliphatic heterocycles. The van der Waals surface area contributed by atoms with Crippen molar-refractivity contribution in [2.24, 2.45) is 5.73 Å². The van der Waals surface area contributed by atoms with E-state index < -0.39 is 5.91 Å². The van der Waals surface area contributed by atoms with Gasteiger partial charge in [0.05, 0.1) is 7.11 Å². The molecule has 0 radical (unpaired) electrons. The van der Waals surface area contributed by atoms with Gasteiger partial charge >= 0.3 is 5.69 Å². The maximum atomic E-state index is 12.8. The van der Waals surface area contributed by atoms with Crippen LogP contribution < -0.4 is 16.2 Å². The van der Waals surface area contributed by atoms with E-state index in [1.807, 2.05) is 66.7 Å². The van der Waals surface area contributed by atoms with E-state index in [1.54, 1.807) is 7.11 Å². The number of methoxy groups -OCH3 is 1. The molecule has 0 saturated carbocycles. The number of rotatable bonds is 6. The number of amides is 1. The van der Waals surface area contributed by atoms with Crippen LogP contribution in [0.15, 0.2) is 71.5 Å². The Balaban J connectivity index is 1.63. The van der Waals surface area contributed by atoms with Crippen molar-refractivity contribution in [3.63, 3.8) is 0 Å². The predicted octanol–water partition coefficient (Wildman–Crippen LogP) is 3.29. The largest absolute Gasteiger partial charge is 0.497 e. The van der Waals surface area contributed by atoms with Crippen molar-refractivity contribution in [1.82, 2.24) is 19.5 Å². The Bertz CT molecular complexity index is 1550. The SMILES string of the molecule is COc1ccc(CCn2c(=O)[nH]c3c(C(N)=O)nc(-c4cccc5ccccc45)nc32)cc1. The molecular weight excluding hydrogens is 418 g/mol. The van der Waals surface area contributed by atoms with E-state index in [2.05, 4.69) is 9.97 Å². The average Bonchev–Trinajstić information content (AvgIpc) is 3.16. The van der Waals surface area contributed by atoms with Crippen molar-refractivity contribution in [3.05, 3.63) is 88.5 Å². The molecule has 0 saturated heterocycles. The Hall–Kier alpha value is -4.46. The fourth-order valence-electron chi connectivity index (χ4n) is 3.99. The van der Waals surface area contributed by atoms with Crippen molar-refractivity contribution >= 4 is 27.8 Å². The number of nitrogens with two attached hydrogens (primary N) is 1.